The monoisotopic (exact) mass is 253 g/mol. The maximum atomic E-state index is 5.94. The third kappa shape index (κ3) is 2.81. The zero-order valence-electron chi connectivity index (χ0n) is 11.4. The molecule has 2 unspecified atom stereocenters. The van der Waals surface area contributed by atoms with E-state index in [2.05, 4.69) is 27.0 Å². The summed E-state index contributed by atoms with van der Waals surface area (Å²) in [5.74, 6) is 2.18. The van der Waals surface area contributed by atoms with Gasteiger partial charge in [0.2, 0.25) is 5.95 Å². The lowest BCUT2D eigenvalue weighted by atomic mass is 9.91. The molecule has 2 atom stereocenters. The Hall–Kier alpha value is -1.14. The molecule has 2 heterocycles. The molecule has 0 spiro atoms. The number of methoxy groups -OCH3 is 1. The molecular weight excluding hydrogens is 230 g/mol. The predicted molar refractivity (Wildman–Crippen MR) is 70.4 cm³/mol. The normalized spacial score (nSPS) is 21.0. The number of rotatable bonds is 4. The first-order chi connectivity index (χ1) is 8.61. The van der Waals surface area contributed by atoms with E-state index >= 15 is 0 Å². The molecule has 0 aromatic carbocycles. The molecule has 1 saturated heterocycles. The fraction of sp³-hybridized carbons (Fsp3) is 0.833. The van der Waals surface area contributed by atoms with Gasteiger partial charge < -0.3 is 15.4 Å². The van der Waals surface area contributed by atoms with Crippen LogP contribution in [0.5, 0.6) is 0 Å². The first-order valence-corrected chi connectivity index (χ1v) is 6.57. The topological polar surface area (TPSA) is 80.1 Å². The Morgan fingerprint density at radius 2 is 2.06 bits per heavy atom. The quantitative estimate of drug-likeness (QED) is 0.839. The third-order valence-corrected chi connectivity index (χ3v) is 3.80. The fourth-order valence-electron chi connectivity index (χ4n) is 2.33. The maximum absolute atomic E-state index is 5.94. The lowest BCUT2D eigenvalue weighted by Crippen LogP contribution is -2.40. The van der Waals surface area contributed by atoms with Crippen LogP contribution in [0, 0.1) is 5.92 Å². The molecule has 18 heavy (non-hydrogen) atoms. The van der Waals surface area contributed by atoms with Gasteiger partial charge in [-0.3, -0.25) is 5.10 Å². The Morgan fingerprint density at radius 3 is 2.61 bits per heavy atom. The van der Waals surface area contributed by atoms with Crippen LogP contribution in [0.4, 0.5) is 5.95 Å². The minimum Gasteiger partial charge on any atom is -0.374 e. The Labute approximate surface area is 108 Å². The highest BCUT2D eigenvalue weighted by atomic mass is 16.5. The van der Waals surface area contributed by atoms with Crippen LogP contribution < -0.4 is 10.6 Å². The van der Waals surface area contributed by atoms with Gasteiger partial charge in [-0.1, -0.05) is 0 Å². The second-order valence-corrected chi connectivity index (χ2v) is 5.08. The minimum absolute atomic E-state index is 0.0483. The van der Waals surface area contributed by atoms with Gasteiger partial charge in [0.15, 0.2) is 5.82 Å². The van der Waals surface area contributed by atoms with Gasteiger partial charge in [0.25, 0.3) is 0 Å². The largest absolute Gasteiger partial charge is 0.374 e. The van der Waals surface area contributed by atoms with Gasteiger partial charge in [0.05, 0.1) is 0 Å². The van der Waals surface area contributed by atoms with Gasteiger partial charge in [0.1, 0.15) is 6.10 Å². The van der Waals surface area contributed by atoms with E-state index in [1.165, 1.54) is 0 Å². The van der Waals surface area contributed by atoms with Crippen LogP contribution in [-0.2, 0) is 4.74 Å². The van der Waals surface area contributed by atoms with Crippen LogP contribution in [0.3, 0.4) is 0 Å². The molecule has 102 valence electrons. The molecule has 6 nitrogen and oxygen atoms in total. The number of H-pyrrole nitrogens is 1. The van der Waals surface area contributed by atoms with Gasteiger partial charge >= 0.3 is 0 Å². The number of ether oxygens (including phenoxy) is 1. The highest BCUT2D eigenvalue weighted by molar-refractivity contribution is 5.29. The molecule has 0 bridgehead atoms. The van der Waals surface area contributed by atoms with E-state index in [1.54, 1.807) is 7.11 Å². The van der Waals surface area contributed by atoms with E-state index in [4.69, 9.17) is 10.5 Å². The van der Waals surface area contributed by atoms with Crippen LogP contribution in [0.1, 0.15) is 38.6 Å². The average Bonchev–Trinajstić information content (AvgIpc) is 2.87. The highest BCUT2D eigenvalue weighted by Crippen LogP contribution is 2.23. The maximum Gasteiger partial charge on any atom is 0.244 e. The summed E-state index contributed by atoms with van der Waals surface area (Å²) in [4.78, 5) is 6.69. The summed E-state index contributed by atoms with van der Waals surface area (Å²) in [6, 6.07) is 0.281. The van der Waals surface area contributed by atoms with Crippen molar-refractivity contribution in [3.05, 3.63) is 5.82 Å². The Bertz CT molecular complexity index is 370. The van der Waals surface area contributed by atoms with Crippen molar-refractivity contribution in [2.24, 2.45) is 11.7 Å². The van der Waals surface area contributed by atoms with Crippen molar-refractivity contribution in [3.8, 4) is 0 Å². The van der Waals surface area contributed by atoms with E-state index in [-0.39, 0.29) is 12.1 Å². The SMILES string of the molecule is COC(C)c1nc(N2CCC(C(C)N)CC2)n[nH]1. The minimum atomic E-state index is -0.0483. The number of piperidine rings is 1. The predicted octanol–water partition coefficient (Wildman–Crippen LogP) is 1.08. The second-order valence-electron chi connectivity index (χ2n) is 5.08. The van der Waals surface area contributed by atoms with Gasteiger partial charge in [-0.25, -0.2) is 0 Å². The van der Waals surface area contributed by atoms with Crippen LogP contribution >= 0.6 is 0 Å². The van der Waals surface area contributed by atoms with Crippen molar-refractivity contribution in [1.29, 1.82) is 0 Å². The van der Waals surface area contributed by atoms with E-state index < -0.39 is 0 Å². The van der Waals surface area contributed by atoms with Crippen molar-refractivity contribution in [3.63, 3.8) is 0 Å². The summed E-state index contributed by atoms with van der Waals surface area (Å²) in [6.45, 7) is 5.99. The van der Waals surface area contributed by atoms with Gasteiger partial charge in [0, 0.05) is 26.2 Å². The van der Waals surface area contributed by atoms with Crippen molar-refractivity contribution in [2.75, 3.05) is 25.1 Å². The molecular formula is C12H23N5O. The van der Waals surface area contributed by atoms with Crippen molar-refractivity contribution < 1.29 is 4.74 Å². The van der Waals surface area contributed by atoms with E-state index in [0.717, 1.165) is 37.7 Å². The van der Waals surface area contributed by atoms with E-state index in [0.29, 0.717) is 5.92 Å². The van der Waals surface area contributed by atoms with E-state index in [9.17, 15) is 0 Å². The fourth-order valence-corrected chi connectivity index (χ4v) is 2.33. The number of aromatic nitrogens is 3. The molecule has 3 N–H and O–H groups in total. The lowest BCUT2D eigenvalue weighted by molar-refractivity contribution is 0.112. The number of hydrogen-bond acceptors (Lipinski definition) is 5. The van der Waals surface area contributed by atoms with Crippen LogP contribution in [0.15, 0.2) is 0 Å². The summed E-state index contributed by atoms with van der Waals surface area (Å²) >= 11 is 0. The smallest absolute Gasteiger partial charge is 0.244 e. The Morgan fingerprint density at radius 1 is 1.39 bits per heavy atom. The Kier molecular flexibility index (Phi) is 4.19. The zero-order chi connectivity index (χ0) is 13.1. The molecule has 1 aliphatic heterocycles. The number of aromatic amines is 1. The molecule has 1 aromatic heterocycles. The van der Waals surface area contributed by atoms with Crippen LogP contribution in [0.25, 0.3) is 0 Å². The van der Waals surface area contributed by atoms with Gasteiger partial charge in [-0.05, 0) is 32.6 Å². The summed E-state index contributed by atoms with van der Waals surface area (Å²) in [5, 5.41) is 7.19. The summed E-state index contributed by atoms with van der Waals surface area (Å²) < 4.78 is 5.22. The zero-order valence-corrected chi connectivity index (χ0v) is 11.4. The number of nitrogens with zero attached hydrogens (tertiary/aromatic N) is 3. The number of nitrogens with two attached hydrogens (primary N) is 1. The highest BCUT2D eigenvalue weighted by Gasteiger charge is 2.24. The van der Waals surface area contributed by atoms with Crippen LogP contribution in [0.2, 0.25) is 0 Å². The van der Waals surface area contributed by atoms with Crippen molar-refractivity contribution in [1.82, 2.24) is 15.2 Å². The van der Waals surface area contributed by atoms with Crippen LogP contribution in [-0.4, -0.2) is 41.4 Å². The molecule has 1 aromatic rings. The number of hydrogen-bond donors (Lipinski definition) is 2. The van der Waals surface area contributed by atoms with Gasteiger partial charge in [-0.15, -0.1) is 5.10 Å². The summed E-state index contributed by atoms with van der Waals surface area (Å²) in [5.41, 5.74) is 5.94. The molecule has 0 amide bonds. The van der Waals surface area contributed by atoms with Gasteiger partial charge in [-0.2, -0.15) is 4.98 Å². The van der Waals surface area contributed by atoms with Crippen molar-refractivity contribution >= 4 is 5.95 Å². The second kappa shape index (κ2) is 5.67. The standard InChI is InChI=1S/C12H23N5O/c1-8(13)10-4-6-17(7-5-10)12-14-11(15-16-12)9(2)18-3/h8-10H,4-7,13H2,1-3H3,(H,14,15,16). The number of anilines is 1. The molecule has 1 fully saturated rings. The Balaban J connectivity index is 1.95. The third-order valence-electron chi connectivity index (χ3n) is 3.80. The first kappa shape index (κ1) is 13.3. The van der Waals surface area contributed by atoms with E-state index in [1.807, 2.05) is 6.92 Å². The molecule has 6 heteroatoms. The molecule has 0 radical (unpaired) electrons. The molecule has 2 rings (SSSR count). The summed E-state index contributed by atoms with van der Waals surface area (Å²) in [7, 11) is 1.67. The molecule has 0 saturated carbocycles. The first-order valence-electron chi connectivity index (χ1n) is 6.57. The lowest BCUT2D eigenvalue weighted by Gasteiger charge is -2.32. The average molecular weight is 253 g/mol. The van der Waals surface area contributed by atoms with Crippen molar-refractivity contribution in [2.45, 2.75) is 38.8 Å². The molecule has 0 aliphatic carbocycles. The number of nitrogens with one attached hydrogen (secondary N) is 1. The molecule has 1 aliphatic rings. The summed E-state index contributed by atoms with van der Waals surface area (Å²) in [6.07, 6.45) is 2.18.